The van der Waals surface area contributed by atoms with Gasteiger partial charge in [0, 0.05) is 12.6 Å². The zero-order valence-electron chi connectivity index (χ0n) is 12.8. The summed E-state index contributed by atoms with van der Waals surface area (Å²) in [5.74, 6) is -0.128. The number of amides is 1. The number of nitrogens with zero attached hydrogens (tertiary/aromatic N) is 4. The molecule has 0 saturated carbocycles. The average Bonchev–Trinajstić information content (AvgIpc) is 3.14. The van der Waals surface area contributed by atoms with Crippen molar-refractivity contribution < 1.29 is 24.1 Å². The molecule has 9 nitrogen and oxygen atoms in total. The first-order valence-corrected chi connectivity index (χ1v) is 7.44. The molecule has 3 atom stereocenters. The molecule has 1 aromatic heterocycles. The highest BCUT2D eigenvalue weighted by atomic mass is 19.1. The number of hydrogen-bond acceptors (Lipinski definition) is 7. The molecular formula is C14H18FN5O4. The SMILES string of the molecule is C=C1NC(=O)C(c2cn(CCF)nn2)=CN1[C@H]1CC(O)[C@@H](CO)O1. The number of hydrogen-bond donors (Lipinski definition) is 3. The van der Waals surface area contributed by atoms with Crippen LogP contribution in [0.4, 0.5) is 4.39 Å². The summed E-state index contributed by atoms with van der Waals surface area (Å²) in [6.07, 6.45) is 1.13. The number of halogens is 1. The van der Waals surface area contributed by atoms with Crippen LogP contribution in [0.3, 0.4) is 0 Å². The molecule has 2 aliphatic rings. The van der Waals surface area contributed by atoms with E-state index in [0.29, 0.717) is 0 Å². The Morgan fingerprint density at radius 2 is 2.33 bits per heavy atom. The van der Waals surface area contributed by atoms with Crippen molar-refractivity contribution >= 4 is 11.5 Å². The second-order valence-corrected chi connectivity index (χ2v) is 5.52. The van der Waals surface area contributed by atoms with Crippen molar-refractivity contribution in [1.29, 1.82) is 0 Å². The van der Waals surface area contributed by atoms with Gasteiger partial charge in [0.05, 0.1) is 31.0 Å². The number of aliphatic hydroxyl groups is 2. The van der Waals surface area contributed by atoms with Crippen LogP contribution in [0, 0.1) is 0 Å². The van der Waals surface area contributed by atoms with Crippen molar-refractivity contribution in [3.05, 3.63) is 30.5 Å². The van der Waals surface area contributed by atoms with E-state index in [1.165, 1.54) is 17.1 Å². The average molecular weight is 339 g/mol. The Bertz CT molecular complexity index is 676. The van der Waals surface area contributed by atoms with Crippen LogP contribution in [0.25, 0.3) is 5.57 Å². The standard InChI is InChI=1S/C14H18FN5O4/c1-8-16-14(23)9(10-6-19(3-2-15)18-17-10)5-20(8)13-4-11(22)12(7-21)24-13/h5-6,11-13,21-22H,1-4,7H2,(H,16,23)/t11?,12-,13-/m1/s1. The van der Waals surface area contributed by atoms with Crippen LogP contribution in [-0.2, 0) is 16.1 Å². The van der Waals surface area contributed by atoms with Gasteiger partial charge in [-0.3, -0.25) is 4.79 Å². The highest BCUT2D eigenvalue weighted by Gasteiger charge is 2.39. The second kappa shape index (κ2) is 6.67. The first kappa shape index (κ1) is 16.6. The van der Waals surface area contributed by atoms with Crippen LogP contribution < -0.4 is 5.32 Å². The smallest absolute Gasteiger partial charge is 0.260 e. The van der Waals surface area contributed by atoms with Crippen molar-refractivity contribution in [2.75, 3.05) is 13.3 Å². The van der Waals surface area contributed by atoms with Gasteiger partial charge < -0.3 is 25.2 Å². The number of carbonyl (C=O) groups is 1. The predicted molar refractivity (Wildman–Crippen MR) is 79.5 cm³/mol. The van der Waals surface area contributed by atoms with E-state index in [2.05, 4.69) is 22.2 Å². The fourth-order valence-corrected chi connectivity index (χ4v) is 2.65. The summed E-state index contributed by atoms with van der Waals surface area (Å²) in [6.45, 7) is 2.92. The van der Waals surface area contributed by atoms with Gasteiger partial charge in [0.15, 0.2) is 0 Å². The molecule has 1 amide bonds. The van der Waals surface area contributed by atoms with E-state index in [1.54, 1.807) is 4.90 Å². The molecule has 24 heavy (non-hydrogen) atoms. The number of rotatable bonds is 5. The molecule has 130 valence electrons. The van der Waals surface area contributed by atoms with Crippen molar-refractivity contribution in [2.45, 2.75) is 31.4 Å². The third-order valence-corrected chi connectivity index (χ3v) is 3.90. The maximum atomic E-state index is 12.4. The highest BCUT2D eigenvalue weighted by molar-refractivity contribution is 6.20. The lowest BCUT2D eigenvalue weighted by Gasteiger charge is -2.32. The maximum absolute atomic E-state index is 12.4. The molecule has 10 heteroatoms. The maximum Gasteiger partial charge on any atom is 0.260 e. The summed E-state index contributed by atoms with van der Waals surface area (Å²) in [7, 11) is 0. The third kappa shape index (κ3) is 3.03. The Morgan fingerprint density at radius 1 is 1.54 bits per heavy atom. The molecule has 0 spiro atoms. The summed E-state index contributed by atoms with van der Waals surface area (Å²) < 4.78 is 19.2. The van der Waals surface area contributed by atoms with Gasteiger partial charge >= 0.3 is 0 Å². The van der Waals surface area contributed by atoms with Crippen LogP contribution in [-0.4, -0.2) is 67.7 Å². The second-order valence-electron chi connectivity index (χ2n) is 5.52. The molecule has 3 heterocycles. The van der Waals surface area contributed by atoms with Gasteiger partial charge in [-0.25, -0.2) is 9.07 Å². The van der Waals surface area contributed by atoms with Gasteiger partial charge in [-0.05, 0) is 0 Å². The number of aromatic nitrogens is 3. The van der Waals surface area contributed by atoms with Crippen molar-refractivity contribution in [1.82, 2.24) is 25.2 Å². The highest BCUT2D eigenvalue weighted by Crippen LogP contribution is 2.29. The molecule has 1 unspecified atom stereocenters. The lowest BCUT2D eigenvalue weighted by molar-refractivity contribution is -0.116. The molecule has 0 bridgehead atoms. The quantitative estimate of drug-likeness (QED) is 0.628. The summed E-state index contributed by atoms with van der Waals surface area (Å²) in [5.41, 5.74) is 0.508. The van der Waals surface area contributed by atoms with Crippen LogP contribution in [0.2, 0.25) is 0 Å². The molecule has 0 radical (unpaired) electrons. The molecular weight excluding hydrogens is 321 g/mol. The number of aliphatic hydroxyl groups excluding tert-OH is 2. The number of carbonyl (C=O) groups excluding carboxylic acids is 1. The topological polar surface area (TPSA) is 113 Å². The molecule has 1 saturated heterocycles. The van der Waals surface area contributed by atoms with Gasteiger partial charge in [0.1, 0.15) is 30.5 Å². The van der Waals surface area contributed by atoms with Gasteiger partial charge in [0.2, 0.25) is 0 Å². The molecule has 3 rings (SSSR count). The van der Waals surface area contributed by atoms with Crippen LogP contribution in [0.15, 0.2) is 24.8 Å². The zero-order valence-corrected chi connectivity index (χ0v) is 12.8. The number of ether oxygens (including phenoxy) is 1. The third-order valence-electron chi connectivity index (χ3n) is 3.90. The molecule has 0 aliphatic carbocycles. The summed E-state index contributed by atoms with van der Waals surface area (Å²) in [6, 6.07) is 0. The van der Waals surface area contributed by atoms with Gasteiger partial charge in [0.25, 0.3) is 5.91 Å². The normalized spacial score (nSPS) is 27.4. The molecule has 1 fully saturated rings. The van der Waals surface area contributed by atoms with Gasteiger partial charge in [-0.2, -0.15) is 0 Å². The van der Waals surface area contributed by atoms with Crippen molar-refractivity contribution in [3.63, 3.8) is 0 Å². The summed E-state index contributed by atoms with van der Waals surface area (Å²) in [5, 5.41) is 29.3. The Kier molecular flexibility index (Phi) is 4.60. The van der Waals surface area contributed by atoms with Crippen molar-refractivity contribution in [3.8, 4) is 0 Å². The summed E-state index contributed by atoms with van der Waals surface area (Å²) >= 11 is 0. The van der Waals surface area contributed by atoms with Crippen LogP contribution in [0.5, 0.6) is 0 Å². The minimum Gasteiger partial charge on any atom is -0.394 e. The van der Waals surface area contributed by atoms with Crippen molar-refractivity contribution in [2.24, 2.45) is 0 Å². The van der Waals surface area contributed by atoms with E-state index >= 15 is 0 Å². The largest absolute Gasteiger partial charge is 0.394 e. The van der Waals surface area contributed by atoms with Crippen LogP contribution in [0.1, 0.15) is 12.1 Å². The minimum absolute atomic E-state index is 0.0500. The Hall–Kier alpha value is -2.30. The van der Waals surface area contributed by atoms with E-state index in [1.807, 2.05) is 0 Å². The predicted octanol–water partition coefficient (Wildman–Crippen LogP) is -1.04. The fourth-order valence-electron chi connectivity index (χ4n) is 2.65. The van der Waals surface area contributed by atoms with E-state index in [0.717, 1.165) is 0 Å². The monoisotopic (exact) mass is 339 g/mol. The lowest BCUT2D eigenvalue weighted by atomic mass is 10.1. The lowest BCUT2D eigenvalue weighted by Crippen LogP contribution is -2.42. The molecule has 3 N–H and O–H groups in total. The van der Waals surface area contributed by atoms with Gasteiger partial charge in [-0.1, -0.05) is 11.8 Å². The molecule has 1 aromatic rings. The fraction of sp³-hybridized carbons (Fsp3) is 0.500. The Morgan fingerprint density at radius 3 is 3.00 bits per heavy atom. The van der Waals surface area contributed by atoms with Crippen LogP contribution >= 0.6 is 0 Å². The minimum atomic E-state index is -0.812. The van der Waals surface area contributed by atoms with E-state index in [-0.39, 0.29) is 36.7 Å². The Labute approximate surface area is 137 Å². The first-order chi connectivity index (χ1) is 11.5. The molecule has 2 aliphatic heterocycles. The zero-order chi connectivity index (χ0) is 17.3. The van der Waals surface area contributed by atoms with E-state index in [9.17, 15) is 19.4 Å². The van der Waals surface area contributed by atoms with E-state index < -0.39 is 31.0 Å². The summed E-state index contributed by atoms with van der Waals surface area (Å²) in [4.78, 5) is 13.7. The number of alkyl halides is 1. The molecule has 0 aromatic carbocycles. The number of nitrogens with one attached hydrogen (secondary N) is 1. The first-order valence-electron chi connectivity index (χ1n) is 7.44. The number of aryl methyl sites for hydroxylation is 1. The van der Waals surface area contributed by atoms with E-state index in [4.69, 9.17) is 4.74 Å². The van der Waals surface area contributed by atoms with Gasteiger partial charge in [-0.15, -0.1) is 5.10 Å². The Balaban J connectivity index is 1.85.